The predicted octanol–water partition coefficient (Wildman–Crippen LogP) is 5.01. The molecule has 0 bridgehead atoms. The Bertz CT molecular complexity index is 1380. The lowest BCUT2D eigenvalue weighted by Crippen LogP contribution is -2.35. The molecule has 3 heterocycles. The maximum Gasteiger partial charge on any atom is 0.236 e. The molecule has 0 saturated carbocycles. The van der Waals surface area contributed by atoms with E-state index in [2.05, 4.69) is 45.9 Å². The van der Waals surface area contributed by atoms with Crippen molar-refractivity contribution in [2.24, 2.45) is 0 Å². The zero-order valence-corrected chi connectivity index (χ0v) is 22.7. The number of nitrogens with one attached hydrogen (secondary N) is 2. The van der Waals surface area contributed by atoms with E-state index in [0.717, 1.165) is 47.5 Å². The van der Waals surface area contributed by atoms with Gasteiger partial charge in [-0.15, -0.1) is 0 Å². The van der Waals surface area contributed by atoms with Crippen molar-refractivity contribution in [2.45, 2.75) is 51.3 Å². The zero-order valence-electron chi connectivity index (χ0n) is 21.9. The molecule has 6 rings (SSSR count). The summed E-state index contributed by atoms with van der Waals surface area (Å²) in [6, 6.07) is 14.4. The van der Waals surface area contributed by atoms with Crippen molar-refractivity contribution in [3.63, 3.8) is 0 Å². The third-order valence-electron chi connectivity index (χ3n) is 7.38. The molecule has 0 spiro atoms. The summed E-state index contributed by atoms with van der Waals surface area (Å²) >= 11 is 6.67. The van der Waals surface area contributed by atoms with Crippen LogP contribution in [0.15, 0.2) is 42.5 Å². The van der Waals surface area contributed by atoms with Crippen LogP contribution >= 0.6 is 11.6 Å². The summed E-state index contributed by atoms with van der Waals surface area (Å²) < 4.78 is 23.8. The molecule has 1 amide bonds. The van der Waals surface area contributed by atoms with Crippen molar-refractivity contribution in [3.05, 3.63) is 64.2 Å². The van der Waals surface area contributed by atoms with Gasteiger partial charge >= 0.3 is 0 Å². The van der Waals surface area contributed by atoms with Crippen molar-refractivity contribution < 1.29 is 23.7 Å². The highest BCUT2D eigenvalue weighted by Crippen LogP contribution is 2.43. The molecule has 3 aliphatic rings. The largest absolute Gasteiger partial charge is 0.486 e. The van der Waals surface area contributed by atoms with Gasteiger partial charge in [0.05, 0.1) is 6.61 Å². The second-order valence-electron chi connectivity index (χ2n) is 9.98. The summed E-state index contributed by atoms with van der Waals surface area (Å²) in [6.07, 6.45) is 2.98. The first kappa shape index (κ1) is 25.8. The number of benzene rings is 2. The molecule has 1 aromatic heterocycles. The molecule has 39 heavy (non-hydrogen) atoms. The van der Waals surface area contributed by atoms with Crippen LogP contribution in [0.4, 0.5) is 0 Å². The van der Waals surface area contributed by atoms with E-state index in [1.54, 1.807) is 0 Å². The molecule has 2 atom stereocenters. The second kappa shape index (κ2) is 11.3. The molecule has 2 N–H and O–H groups in total. The first-order valence-electron chi connectivity index (χ1n) is 13.6. The topological polar surface area (TPSA) is 90.9 Å². The quantitative estimate of drug-likeness (QED) is 0.388. The average molecular weight is 550 g/mol. The number of halogens is 1. The number of ether oxygens (including phenoxy) is 4. The average Bonchev–Trinajstić information content (AvgIpc) is 3.56. The smallest absolute Gasteiger partial charge is 0.236 e. The van der Waals surface area contributed by atoms with E-state index in [1.807, 2.05) is 19.1 Å². The third-order valence-corrected chi connectivity index (χ3v) is 7.65. The number of fused-ring (bicyclic) bond motifs is 2. The number of rotatable bonds is 9. The van der Waals surface area contributed by atoms with Crippen molar-refractivity contribution in [2.75, 3.05) is 26.4 Å². The zero-order chi connectivity index (χ0) is 26.8. The van der Waals surface area contributed by atoms with E-state index in [0.29, 0.717) is 56.1 Å². The van der Waals surface area contributed by atoms with Crippen LogP contribution in [0.25, 0.3) is 11.1 Å². The minimum absolute atomic E-state index is 0.106. The molecule has 0 unspecified atom stereocenters. The molecule has 0 radical (unpaired) electrons. The van der Waals surface area contributed by atoms with E-state index < -0.39 is 0 Å². The summed E-state index contributed by atoms with van der Waals surface area (Å²) in [4.78, 5) is 16.1. The molecule has 204 valence electrons. The Balaban J connectivity index is 1.19. The van der Waals surface area contributed by atoms with Crippen LogP contribution in [0.1, 0.15) is 49.0 Å². The maximum atomic E-state index is 11.5. The number of pyridine rings is 1. The molecule has 2 aromatic carbocycles. The van der Waals surface area contributed by atoms with Crippen LogP contribution in [-0.2, 0) is 17.8 Å². The maximum absolute atomic E-state index is 11.5. The fraction of sp³-hybridized carbons (Fsp3) is 0.400. The van der Waals surface area contributed by atoms with Gasteiger partial charge in [0.15, 0.2) is 11.5 Å². The van der Waals surface area contributed by atoms with E-state index in [4.69, 9.17) is 30.5 Å². The van der Waals surface area contributed by atoms with E-state index >= 15 is 0 Å². The minimum Gasteiger partial charge on any atom is -0.486 e. The molecule has 1 fully saturated rings. The fourth-order valence-corrected chi connectivity index (χ4v) is 5.75. The molecule has 1 saturated heterocycles. The van der Waals surface area contributed by atoms with Crippen LogP contribution in [0, 0.1) is 0 Å². The number of hydrogen-bond acceptors (Lipinski definition) is 7. The molecule has 2 aliphatic heterocycles. The van der Waals surface area contributed by atoms with Gasteiger partial charge in [-0.3, -0.25) is 4.79 Å². The van der Waals surface area contributed by atoms with Crippen molar-refractivity contribution in [1.29, 1.82) is 0 Å². The number of hydrogen-bond donors (Lipinski definition) is 2. The normalized spacial score (nSPS) is 19.5. The van der Waals surface area contributed by atoms with Gasteiger partial charge in [0.25, 0.3) is 0 Å². The lowest BCUT2D eigenvalue weighted by Gasteiger charge is -2.20. The molecule has 1 aliphatic carbocycles. The standard InChI is InChI=1S/C30H32ClN3O5/c1-2-36-29-19(16-32-17-20-7-11-28(35)33-20)14-24(31)30(34-29)39-25-10-8-22-21(4-3-5-23(22)25)18-6-9-26-27(15-18)38-13-12-37-26/h3-6,9,14-15,20,25,32H,2,7-8,10-13,16-17H2,1H3,(H,33,35)/t20-,25-/m0/s1. The fourth-order valence-electron chi connectivity index (χ4n) is 5.53. The van der Waals surface area contributed by atoms with Gasteiger partial charge in [0, 0.05) is 31.1 Å². The Morgan fingerprint density at radius 2 is 1.95 bits per heavy atom. The van der Waals surface area contributed by atoms with Gasteiger partial charge in [-0.1, -0.05) is 35.9 Å². The van der Waals surface area contributed by atoms with Gasteiger partial charge in [-0.25, -0.2) is 0 Å². The Morgan fingerprint density at radius 3 is 2.77 bits per heavy atom. The number of carbonyl (C=O) groups is 1. The van der Waals surface area contributed by atoms with Gasteiger partial charge < -0.3 is 29.6 Å². The van der Waals surface area contributed by atoms with Crippen LogP contribution in [-0.4, -0.2) is 43.3 Å². The monoisotopic (exact) mass is 549 g/mol. The number of nitrogens with zero attached hydrogens (tertiary/aromatic N) is 1. The molecular weight excluding hydrogens is 518 g/mol. The van der Waals surface area contributed by atoms with E-state index in [-0.39, 0.29) is 18.1 Å². The summed E-state index contributed by atoms with van der Waals surface area (Å²) in [5, 5.41) is 6.80. The van der Waals surface area contributed by atoms with Crippen LogP contribution in [0.2, 0.25) is 5.02 Å². The van der Waals surface area contributed by atoms with Crippen molar-refractivity contribution in [1.82, 2.24) is 15.6 Å². The van der Waals surface area contributed by atoms with E-state index in [9.17, 15) is 4.79 Å². The first-order chi connectivity index (χ1) is 19.1. The Morgan fingerprint density at radius 1 is 1.08 bits per heavy atom. The van der Waals surface area contributed by atoms with Gasteiger partial charge in [-0.2, -0.15) is 4.98 Å². The van der Waals surface area contributed by atoms with Crippen LogP contribution in [0.3, 0.4) is 0 Å². The molecular formula is C30H32ClN3O5. The van der Waals surface area contributed by atoms with Gasteiger partial charge in [0.1, 0.15) is 24.3 Å². The van der Waals surface area contributed by atoms with Gasteiger partial charge in [-0.05, 0) is 66.6 Å². The van der Waals surface area contributed by atoms with Crippen LogP contribution in [0.5, 0.6) is 23.3 Å². The Hall–Kier alpha value is -3.49. The van der Waals surface area contributed by atoms with E-state index in [1.165, 1.54) is 11.1 Å². The summed E-state index contributed by atoms with van der Waals surface area (Å²) in [7, 11) is 0. The molecule has 8 nitrogen and oxygen atoms in total. The highest BCUT2D eigenvalue weighted by Gasteiger charge is 2.29. The van der Waals surface area contributed by atoms with Gasteiger partial charge in [0.2, 0.25) is 17.7 Å². The SMILES string of the molecule is CCOc1nc(O[C@H]2CCc3c(-c4ccc5c(c4)OCCO5)cccc32)c(Cl)cc1CNC[C@@H]1CCC(=O)N1. The number of carbonyl (C=O) groups excluding carboxylic acids is 1. The highest BCUT2D eigenvalue weighted by molar-refractivity contribution is 6.31. The highest BCUT2D eigenvalue weighted by atomic mass is 35.5. The first-order valence-corrected chi connectivity index (χ1v) is 14.0. The summed E-state index contributed by atoms with van der Waals surface area (Å²) in [5.74, 6) is 2.55. The predicted molar refractivity (Wildman–Crippen MR) is 148 cm³/mol. The lowest BCUT2D eigenvalue weighted by atomic mass is 9.96. The van der Waals surface area contributed by atoms with Crippen molar-refractivity contribution in [3.8, 4) is 34.4 Å². The molecule has 3 aromatic rings. The number of amides is 1. The number of aromatic nitrogens is 1. The van der Waals surface area contributed by atoms with Crippen molar-refractivity contribution >= 4 is 17.5 Å². The molecule has 9 heteroatoms. The second-order valence-corrected chi connectivity index (χ2v) is 10.4. The minimum atomic E-state index is -0.161. The summed E-state index contributed by atoms with van der Waals surface area (Å²) in [5.41, 5.74) is 5.53. The third kappa shape index (κ3) is 5.49. The summed E-state index contributed by atoms with van der Waals surface area (Å²) in [6.45, 7) is 4.74. The Kier molecular flexibility index (Phi) is 7.48. The lowest BCUT2D eigenvalue weighted by molar-refractivity contribution is -0.119. The van der Waals surface area contributed by atoms with Crippen LogP contribution < -0.4 is 29.6 Å². The Labute approximate surface area is 233 Å².